The maximum atomic E-state index is 11.5. The smallest absolute Gasteiger partial charge is 0.323 e. The summed E-state index contributed by atoms with van der Waals surface area (Å²) in [6, 6.07) is -0.0513. The average molecular weight is 231 g/mol. The summed E-state index contributed by atoms with van der Waals surface area (Å²) < 4.78 is 5.45. The van der Waals surface area contributed by atoms with Crippen molar-refractivity contribution in [2.24, 2.45) is 0 Å². The maximum Gasteiger partial charge on any atom is 0.323 e. The minimum atomic E-state index is -0.0815. The molecule has 15 heavy (non-hydrogen) atoms. The Morgan fingerprint density at radius 2 is 2.27 bits per heavy atom. The molecule has 0 aromatic heterocycles. The zero-order chi connectivity index (χ0) is 11.3. The predicted octanol–water partition coefficient (Wildman–Crippen LogP) is 1.81. The molecule has 3 nitrogen and oxygen atoms in total. The third-order valence-corrected chi connectivity index (χ3v) is 3.44. The molecule has 0 amide bonds. The second-order valence-corrected chi connectivity index (χ2v) is 6.70. The molecule has 0 radical (unpaired) electrons. The van der Waals surface area contributed by atoms with Crippen molar-refractivity contribution in [3.63, 3.8) is 0 Å². The molecule has 1 aliphatic rings. The topological polar surface area (TPSA) is 38.3 Å². The quantitative estimate of drug-likeness (QED) is 0.591. The number of carbonyl (C=O) groups excluding carboxylic acids is 1. The fraction of sp³-hybridized carbons (Fsp3) is 0.909. The van der Waals surface area contributed by atoms with E-state index in [-0.39, 0.29) is 16.8 Å². The average Bonchev–Trinajstić information content (AvgIpc) is 2.63. The van der Waals surface area contributed by atoms with E-state index in [4.69, 9.17) is 4.74 Å². The molecule has 1 rings (SSSR count). The van der Waals surface area contributed by atoms with Crippen LogP contribution < -0.4 is 5.32 Å². The van der Waals surface area contributed by atoms with Crippen molar-refractivity contribution < 1.29 is 9.53 Å². The van der Waals surface area contributed by atoms with Gasteiger partial charge in [-0.25, -0.2) is 0 Å². The first-order chi connectivity index (χ1) is 6.99. The molecule has 0 saturated carbocycles. The van der Waals surface area contributed by atoms with E-state index in [9.17, 15) is 4.79 Å². The third kappa shape index (κ3) is 5.42. The SMILES string of the molecule is CC(C)(C)SCCOC(=O)C1CCCN1. The summed E-state index contributed by atoms with van der Waals surface area (Å²) in [5, 5.41) is 3.13. The van der Waals surface area contributed by atoms with Crippen LogP contribution in [0.3, 0.4) is 0 Å². The number of esters is 1. The minimum absolute atomic E-state index is 0.0513. The minimum Gasteiger partial charge on any atom is -0.464 e. The molecule has 0 bridgehead atoms. The van der Waals surface area contributed by atoms with E-state index in [1.54, 1.807) is 0 Å². The maximum absolute atomic E-state index is 11.5. The van der Waals surface area contributed by atoms with Gasteiger partial charge >= 0.3 is 5.97 Å². The van der Waals surface area contributed by atoms with Crippen molar-refractivity contribution in [2.45, 2.75) is 44.4 Å². The molecule has 88 valence electrons. The fourth-order valence-corrected chi connectivity index (χ4v) is 2.26. The highest BCUT2D eigenvalue weighted by molar-refractivity contribution is 8.00. The number of thioether (sulfide) groups is 1. The van der Waals surface area contributed by atoms with Crippen molar-refractivity contribution in [3.8, 4) is 0 Å². The summed E-state index contributed by atoms with van der Waals surface area (Å²) in [4.78, 5) is 11.5. The molecule has 0 spiro atoms. The first-order valence-corrected chi connectivity index (χ1v) is 6.51. The van der Waals surface area contributed by atoms with E-state index >= 15 is 0 Å². The van der Waals surface area contributed by atoms with Gasteiger partial charge in [0.25, 0.3) is 0 Å². The highest BCUT2D eigenvalue weighted by atomic mass is 32.2. The number of rotatable bonds is 4. The lowest BCUT2D eigenvalue weighted by Gasteiger charge is -2.17. The van der Waals surface area contributed by atoms with Gasteiger partial charge in [0, 0.05) is 10.5 Å². The van der Waals surface area contributed by atoms with E-state index in [1.165, 1.54) is 0 Å². The van der Waals surface area contributed by atoms with Gasteiger partial charge in [-0.2, -0.15) is 11.8 Å². The van der Waals surface area contributed by atoms with Gasteiger partial charge in [-0.15, -0.1) is 0 Å². The van der Waals surface area contributed by atoms with Gasteiger partial charge in [0.05, 0.1) is 0 Å². The van der Waals surface area contributed by atoms with Gasteiger partial charge in [-0.05, 0) is 19.4 Å². The zero-order valence-electron chi connectivity index (χ0n) is 9.84. The summed E-state index contributed by atoms with van der Waals surface area (Å²) in [7, 11) is 0. The van der Waals surface area contributed by atoms with Crippen LogP contribution in [0, 0.1) is 0 Å². The number of carbonyl (C=O) groups is 1. The molecule has 1 saturated heterocycles. The molecular formula is C11H21NO2S. The first kappa shape index (κ1) is 12.8. The van der Waals surface area contributed by atoms with Crippen LogP contribution in [0.2, 0.25) is 0 Å². The Hall–Kier alpha value is -0.220. The molecule has 1 unspecified atom stereocenters. The van der Waals surface area contributed by atoms with Crippen LogP contribution in [0.25, 0.3) is 0 Å². The molecule has 1 heterocycles. The summed E-state index contributed by atoms with van der Waals surface area (Å²) >= 11 is 1.82. The van der Waals surface area contributed by atoms with Crippen LogP contribution in [0.4, 0.5) is 0 Å². The Kier molecular flexibility index (Phi) is 4.93. The summed E-state index contributed by atoms with van der Waals surface area (Å²) in [5.74, 6) is 0.795. The van der Waals surface area contributed by atoms with Crippen LogP contribution in [-0.2, 0) is 9.53 Å². The second kappa shape index (κ2) is 5.75. The molecule has 1 fully saturated rings. The van der Waals surface area contributed by atoms with Crippen molar-refractivity contribution in [3.05, 3.63) is 0 Å². The van der Waals surface area contributed by atoms with E-state index < -0.39 is 0 Å². The first-order valence-electron chi connectivity index (χ1n) is 5.53. The van der Waals surface area contributed by atoms with Crippen LogP contribution in [-0.4, -0.2) is 35.7 Å². The van der Waals surface area contributed by atoms with Crippen LogP contribution >= 0.6 is 11.8 Å². The Bertz CT molecular complexity index is 207. The Labute approximate surface area is 96.3 Å². The second-order valence-electron chi connectivity index (χ2n) is 4.78. The predicted molar refractivity (Wildman–Crippen MR) is 64.2 cm³/mol. The Balaban J connectivity index is 2.07. The number of hydrogen-bond acceptors (Lipinski definition) is 4. The standard InChI is InChI=1S/C11H21NO2S/c1-11(2,3)15-8-7-14-10(13)9-5-4-6-12-9/h9,12H,4-8H2,1-3H3. The van der Waals surface area contributed by atoms with Gasteiger partial charge in [-0.1, -0.05) is 20.8 Å². The molecule has 4 heteroatoms. The van der Waals surface area contributed by atoms with Crippen molar-refractivity contribution in [1.82, 2.24) is 5.32 Å². The number of hydrogen-bond donors (Lipinski definition) is 1. The highest BCUT2D eigenvalue weighted by Crippen LogP contribution is 2.22. The van der Waals surface area contributed by atoms with Crippen molar-refractivity contribution >= 4 is 17.7 Å². The van der Waals surface area contributed by atoms with E-state index in [0.29, 0.717) is 6.61 Å². The van der Waals surface area contributed by atoms with Gasteiger partial charge in [0.2, 0.25) is 0 Å². The summed E-state index contributed by atoms with van der Waals surface area (Å²) in [6.07, 6.45) is 2.00. The lowest BCUT2D eigenvalue weighted by atomic mass is 10.2. The summed E-state index contributed by atoms with van der Waals surface area (Å²) in [6.45, 7) is 7.96. The van der Waals surface area contributed by atoms with Crippen molar-refractivity contribution in [2.75, 3.05) is 18.9 Å². The van der Waals surface area contributed by atoms with Crippen LogP contribution in [0.5, 0.6) is 0 Å². The lowest BCUT2D eigenvalue weighted by Crippen LogP contribution is -2.32. The molecule has 1 atom stereocenters. The summed E-state index contributed by atoms with van der Waals surface area (Å²) in [5.41, 5.74) is 0. The van der Waals surface area contributed by atoms with Crippen LogP contribution in [0.15, 0.2) is 0 Å². The molecule has 0 aromatic rings. The largest absolute Gasteiger partial charge is 0.464 e. The third-order valence-electron chi connectivity index (χ3n) is 2.21. The Morgan fingerprint density at radius 3 is 2.80 bits per heavy atom. The lowest BCUT2D eigenvalue weighted by molar-refractivity contribution is -0.145. The monoisotopic (exact) mass is 231 g/mol. The Morgan fingerprint density at radius 1 is 1.53 bits per heavy atom. The van der Waals surface area contributed by atoms with Crippen molar-refractivity contribution in [1.29, 1.82) is 0 Å². The van der Waals surface area contributed by atoms with Gasteiger partial charge in [0.15, 0.2) is 0 Å². The van der Waals surface area contributed by atoms with Crippen LogP contribution in [0.1, 0.15) is 33.6 Å². The molecule has 1 N–H and O–H groups in total. The van der Waals surface area contributed by atoms with Gasteiger partial charge in [-0.3, -0.25) is 4.79 Å². The highest BCUT2D eigenvalue weighted by Gasteiger charge is 2.23. The van der Waals surface area contributed by atoms with E-state index in [1.807, 2.05) is 11.8 Å². The number of ether oxygens (including phenoxy) is 1. The fourth-order valence-electron chi connectivity index (χ4n) is 1.48. The zero-order valence-corrected chi connectivity index (χ0v) is 10.7. The molecule has 1 aliphatic heterocycles. The van der Waals surface area contributed by atoms with E-state index in [2.05, 4.69) is 26.1 Å². The van der Waals surface area contributed by atoms with Gasteiger partial charge in [0.1, 0.15) is 12.6 Å². The molecular weight excluding hydrogens is 210 g/mol. The van der Waals surface area contributed by atoms with E-state index in [0.717, 1.165) is 25.1 Å². The molecule has 0 aliphatic carbocycles. The number of nitrogens with one attached hydrogen (secondary N) is 1. The normalized spacial score (nSPS) is 21.7. The van der Waals surface area contributed by atoms with Gasteiger partial charge < -0.3 is 10.1 Å². The molecule has 0 aromatic carbocycles.